The maximum absolute atomic E-state index is 2.41. The van der Waals surface area contributed by atoms with E-state index in [2.05, 4.69) is 218 Å². The van der Waals surface area contributed by atoms with Gasteiger partial charge in [0.1, 0.15) is 0 Å². The molecule has 0 aliphatic rings. The third-order valence-corrected chi connectivity index (χ3v) is 12.4. The molecular formula is C58H36. The lowest BCUT2D eigenvalue weighted by molar-refractivity contribution is 1.59. The van der Waals surface area contributed by atoms with Crippen LogP contribution in [0.5, 0.6) is 0 Å². The molecule has 12 aromatic carbocycles. The first kappa shape index (κ1) is 32.7. The van der Waals surface area contributed by atoms with Crippen molar-refractivity contribution in [2.45, 2.75) is 0 Å². The van der Waals surface area contributed by atoms with Gasteiger partial charge in [-0.1, -0.05) is 200 Å². The Hall–Kier alpha value is -7.54. The molecule has 12 rings (SSSR count). The highest BCUT2D eigenvalue weighted by Crippen LogP contribution is 2.46. The monoisotopic (exact) mass is 732 g/mol. The molecule has 0 bridgehead atoms. The molecule has 0 unspecified atom stereocenters. The molecule has 0 aliphatic heterocycles. The number of hydrogen-bond acceptors (Lipinski definition) is 0. The van der Waals surface area contributed by atoms with Crippen molar-refractivity contribution >= 4 is 64.6 Å². The second-order valence-electron chi connectivity index (χ2n) is 15.6. The first-order valence-electron chi connectivity index (χ1n) is 20.2. The number of hydrogen-bond donors (Lipinski definition) is 0. The van der Waals surface area contributed by atoms with Crippen LogP contribution in [0, 0.1) is 0 Å². The summed E-state index contributed by atoms with van der Waals surface area (Å²) >= 11 is 0. The van der Waals surface area contributed by atoms with Gasteiger partial charge < -0.3 is 0 Å². The van der Waals surface area contributed by atoms with Gasteiger partial charge in [0, 0.05) is 0 Å². The quantitative estimate of drug-likeness (QED) is 0.122. The summed E-state index contributed by atoms with van der Waals surface area (Å²) in [6.45, 7) is 0. The summed E-state index contributed by atoms with van der Waals surface area (Å²) in [6, 6.07) is 80.9. The van der Waals surface area contributed by atoms with E-state index in [1.165, 1.54) is 120 Å². The molecule has 58 heavy (non-hydrogen) atoms. The average Bonchev–Trinajstić information content (AvgIpc) is 3.30. The zero-order chi connectivity index (χ0) is 38.2. The molecule has 268 valence electrons. The van der Waals surface area contributed by atoms with Gasteiger partial charge in [0.05, 0.1) is 0 Å². The maximum atomic E-state index is 2.41. The SMILES string of the molecule is c1cc(-c2cccc(-c3c4ccccc4c(-c4cccc(-c5ccc6ccc7cccc8ccc5c6c78)c4)c4ccccc34)c2)cc(-c2cccc3ccccc23)c1. The molecule has 0 N–H and O–H groups in total. The topological polar surface area (TPSA) is 0 Å². The summed E-state index contributed by atoms with van der Waals surface area (Å²) in [5.74, 6) is 0. The van der Waals surface area contributed by atoms with Gasteiger partial charge in [0.15, 0.2) is 0 Å². The Morgan fingerprint density at radius 3 is 1.19 bits per heavy atom. The van der Waals surface area contributed by atoms with E-state index in [0.29, 0.717) is 0 Å². The Morgan fingerprint density at radius 2 is 0.569 bits per heavy atom. The summed E-state index contributed by atoms with van der Waals surface area (Å²) in [6.07, 6.45) is 0. The highest BCUT2D eigenvalue weighted by Gasteiger charge is 2.19. The molecule has 0 saturated carbocycles. The van der Waals surface area contributed by atoms with Crippen LogP contribution < -0.4 is 0 Å². The summed E-state index contributed by atoms with van der Waals surface area (Å²) in [5, 5.41) is 15.4. The Bertz CT molecular complexity index is 3490. The maximum Gasteiger partial charge on any atom is -0.00206 e. The fourth-order valence-electron chi connectivity index (χ4n) is 9.78. The van der Waals surface area contributed by atoms with Gasteiger partial charge in [-0.15, -0.1) is 0 Å². The molecule has 0 atom stereocenters. The third-order valence-electron chi connectivity index (χ3n) is 12.4. The zero-order valence-corrected chi connectivity index (χ0v) is 31.8. The number of fused-ring (bicyclic) bond motifs is 3. The Labute approximate surface area is 337 Å². The first-order chi connectivity index (χ1) is 28.8. The molecule has 0 saturated heterocycles. The van der Waals surface area contributed by atoms with Crippen molar-refractivity contribution in [1.29, 1.82) is 0 Å². The normalized spacial score (nSPS) is 11.8. The van der Waals surface area contributed by atoms with Crippen LogP contribution in [-0.2, 0) is 0 Å². The molecule has 0 spiro atoms. The highest BCUT2D eigenvalue weighted by atomic mass is 14.2. The smallest absolute Gasteiger partial charge is 0.00206 e. The van der Waals surface area contributed by atoms with Crippen LogP contribution in [0.2, 0.25) is 0 Å². The van der Waals surface area contributed by atoms with Crippen LogP contribution in [0.15, 0.2) is 218 Å². The van der Waals surface area contributed by atoms with Gasteiger partial charge in [-0.3, -0.25) is 0 Å². The predicted octanol–water partition coefficient (Wildman–Crippen LogP) is 16.4. The van der Waals surface area contributed by atoms with Crippen molar-refractivity contribution in [3.05, 3.63) is 218 Å². The Balaban J connectivity index is 1.02. The van der Waals surface area contributed by atoms with Crippen LogP contribution >= 0.6 is 0 Å². The van der Waals surface area contributed by atoms with Crippen molar-refractivity contribution in [3.8, 4) is 55.6 Å². The van der Waals surface area contributed by atoms with E-state index in [1.807, 2.05) is 0 Å². The van der Waals surface area contributed by atoms with Crippen LogP contribution in [0.25, 0.3) is 120 Å². The largest absolute Gasteiger partial charge is 0.0616 e. The summed E-state index contributed by atoms with van der Waals surface area (Å²) in [4.78, 5) is 0. The van der Waals surface area contributed by atoms with E-state index in [-0.39, 0.29) is 0 Å². The van der Waals surface area contributed by atoms with Crippen molar-refractivity contribution in [2.75, 3.05) is 0 Å². The molecule has 0 radical (unpaired) electrons. The van der Waals surface area contributed by atoms with Crippen molar-refractivity contribution in [3.63, 3.8) is 0 Å². The fourth-order valence-corrected chi connectivity index (χ4v) is 9.78. The molecule has 12 aromatic rings. The minimum Gasteiger partial charge on any atom is -0.0616 e. The lowest BCUT2D eigenvalue weighted by atomic mass is 9.84. The van der Waals surface area contributed by atoms with E-state index in [4.69, 9.17) is 0 Å². The van der Waals surface area contributed by atoms with Crippen molar-refractivity contribution in [2.24, 2.45) is 0 Å². The third kappa shape index (κ3) is 5.09. The molecule has 0 heterocycles. The molecule has 0 heteroatoms. The Kier molecular flexibility index (Phi) is 7.33. The van der Waals surface area contributed by atoms with Gasteiger partial charge in [-0.25, -0.2) is 0 Å². The van der Waals surface area contributed by atoms with Crippen LogP contribution in [0.1, 0.15) is 0 Å². The summed E-state index contributed by atoms with van der Waals surface area (Å²) < 4.78 is 0. The van der Waals surface area contributed by atoms with E-state index in [1.54, 1.807) is 0 Å². The second-order valence-corrected chi connectivity index (χ2v) is 15.6. The number of benzene rings is 12. The molecule has 0 aliphatic carbocycles. The highest BCUT2D eigenvalue weighted by molar-refractivity contribution is 6.26. The minimum atomic E-state index is 1.21. The Morgan fingerprint density at radius 1 is 0.190 bits per heavy atom. The van der Waals surface area contributed by atoms with Gasteiger partial charge in [-0.2, -0.15) is 0 Å². The van der Waals surface area contributed by atoms with Crippen molar-refractivity contribution in [1.82, 2.24) is 0 Å². The lowest BCUT2D eigenvalue weighted by Crippen LogP contribution is -1.92. The lowest BCUT2D eigenvalue weighted by Gasteiger charge is -2.19. The van der Waals surface area contributed by atoms with Crippen molar-refractivity contribution < 1.29 is 0 Å². The standard InChI is InChI=1S/C58H36/c1-2-22-47-37(12-1)13-11-27-48(47)43-18-8-16-41(34-43)42-17-9-20-45(35-42)56-50-23-3-5-25-52(50)57(53-26-6-4-24-51(53)56)46-21-10-19-44(36-46)49-32-30-40-29-28-38-14-7-15-39-31-33-54(49)58(40)55(38)39/h1-36H. The molecule has 0 aromatic heterocycles. The number of rotatable bonds is 5. The average molecular weight is 733 g/mol. The summed E-state index contributed by atoms with van der Waals surface area (Å²) in [5.41, 5.74) is 12.4. The first-order valence-corrected chi connectivity index (χ1v) is 20.2. The minimum absolute atomic E-state index is 1.21. The van der Waals surface area contributed by atoms with Crippen LogP contribution in [0.3, 0.4) is 0 Å². The summed E-state index contributed by atoms with van der Waals surface area (Å²) in [7, 11) is 0. The molecule has 0 nitrogen and oxygen atoms in total. The van der Waals surface area contributed by atoms with Gasteiger partial charge in [0.25, 0.3) is 0 Å². The molecule has 0 fully saturated rings. The molecule has 0 amide bonds. The van der Waals surface area contributed by atoms with Crippen LogP contribution in [0.4, 0.5) is 0 Å². The van der Waals surface area contributed by atoms with E-state index in [0.717, 1.165) is 0 Å². The fraction of sp³-hybridized carbons (Fsp3) is 0. The van der Waals surface area contributed by atoms with E-state index >= 15 is 0 Å². The molecular weight excluding hydrogens is 697 g/mol. The van der Waals surface area contributed by atoms with Gasteiger partial charge in [0.2, 0.25) is 0 Å². The van der Waals surface area contributed by atoms with Gasteiger partial charge in [-0.05, 0) is 138 Å². The van der Waals surface area contributed by atoms with E-state index in [9.17, 15) is 0 Å². The second kappa shape index (κ2) is 13.0. The van der Waals surface area contributed by atoms with Gasteiger partial charge >= 0.3 is 0 Å². The van der Waals surface area contributed by atoms with E-state index < -0.39 is 0 Å². The zero-order valence-electron chi connectivity index (χ0n) is 31.8. The predicted molar refractivity (Wildman–Crippen MR) is 250 cm³/mol. The van der Waals surface area contributed by atoms with Crippen LogP contribution in [-0.4, -0.2) is 0 Å².